The van der Waals surface area contributed by atoms with Crippen LogP contribution >= 0.6 is 0 Å². The predicted molar refractivity (Wildman–Crippen MR) is 81.6 cm³/mol. The highest BCUT2D eigenvalue weighted by molar-refractivity contribution is 5.95. The number of carbonyl (C=O) groups excluding carboxylic acids is 1. The molecule has 0 atom stereocenters. The van der Waals surface area contributed by atoms with Gasteiger partial charge in [0.15, 0.2) is 0 Å². The number of aromatic nitrogens is 2. The van der Waals surface area contributed by atoms with Gasteiger partial charge in [-0.1, -0.05) is 24.3 Å². The van der Waals surface area contributed by atoms with Crippen molar-refractivity contribution in [3.8, 4) is 0 Å². The van der Waals surface area contributed by atoms with Gasteiger partial charge in [0.2, 0.25) is 0 Å². The van der Waals surface area contributed by atoms with E-state index in [2.05, 4.69) is 10.2 Å². The van der Waals surface area contributed by atoms with Gasteiger partial charge in [0.05, 0.1) is 17.0 Å². The molecule has 2 aromatic rings. The van der Waals surface area contributed by atoms with Crippen LogP contribution in [0.25, 0.3) is 0 Å². The van der Waals surface area contributed by atoms with Gasteiger partial charge < -0.3 is 10.6 Å². The highest BCUT2D eigenvalue weighted by Gasteiger charge is 2.16. The molecular weight excluding hydrogens is 264 g/mol. The average Bonchev–Trinajstić information content (AvgIpc) is 2.49. The molecule has 2 rings (SSSR count). The molecule has 21 heavy (non-hydrogen) atoms. The highest BCUT2D eigenvalue weighted by atomic mass is 16.2. The molecule has 0 spiro atoms. The van der Waals surface area contributed by atoms with Crippen LogP contribution < -0.4 is 5.73 Å². The molecule has 0 bridgehead atoms. The first-order chi connectivity index (χ1) is 10.0. The normalized spacial score (nSPS) is 10.5. The maximum atomic E-state index is 12.5. The lowest BCUT2D eigenvalue weighted by molar-refractivity contribution is 0.0783. The summed E-state index contributed by atoms with van der Waals surface area (Å²) < 4.78 is 0. The number of hydrogen-bond donors (Lipinski definition) is 1. The second kappa shape index (κ2) is 6.45. The Bertz CT molecular complexity index is 654. The number of carbonyl (C=O) groups is 1. The third-order valence-electron chi connectivity index (χ3n) is 3.32. The Balaban J connectivity index is 2.17. The van der Waals surface area contributed by atoms with E-state index in [0.29, 0.717) is 24.3 Å². The highest BCUT2D eigenvalue weighted by Crippen LogP contribution is 2.12. The van der Waals surface area contributed by atoms with Crippen molar-refractivity contribution in [1.29, 1.82) is 0 Å². The van der Waals surface area contributed by atoms with Gasteiger partial charge in [-0.25, -0.2) is 0 Å². The van der Waals surface area contributed by atoms with Gasteiger partial charge in [0, 0.05) is 20.1 Å². The average molecular weight is 284 g/mol. The van der Waals surface area contributed by atoms with Crippen LogP contribution in [0.5, 0.6) is 0 Å². The van der Waals surface area contributed by atoms with Crippen molar-refractivity contribution in [3.05, 3.63) is 58.4 Å². The van der Waals surface area contributed by atoms with Gasteiger partial charge in [-0.2, -0.15) is 10.2 Å². The summed E-state index contributed by atoms with van der Waals surface area (Å²) in [6, 6.07) is 9.72. The summed E-state index contributed by atoms with van der Waals surface area (Å²) in [6.07, 6.45) is 0. The smallest absolute Gasteiger partial charge is 0.255 e. The van der Waals surface area contributed by atoms with Crippen LogP contribution in [0.2, 0.25) is 0 Å². The first-order valence-electron chi connectivity index (χ1n) is 6.85. The van der Waals surface area contributed by atoms with E-state index in [9.17, 15) is 4.79 Å². The zero-order valence-electron chi connectivity index (χ0n) is 12.6. The largest absolute Gasteiger partial charge is 0.337 e. The molecule has 2 N–H and O–H groups in total. The number of nitrogens with zero attached hydrogens (tertiary/aromatic N) is 3. The first kappa shape index (κ1) is 15.1. The third kappa shape index (κ3) is 3.64. The number of amides is 1. The van der Waals surface area contributed by atoms with E-state index < -0.39 is 0 Å². The second-order valence-corrected chi connectivity index (χ2v) is 5.17. The minimum atomic E-state index is -0.0522. The summed E-state index contributed by atoms with van der Waals surface area (Å²) in [5.41, 5.74) is 9.74. The molecule has 1 aromatic heterocycles. The lowest BCUT2D eigenvalue weighted by Gasteiger charge is -2.18. The molecule has 0 saturated heterocycles. The molecule has 1 heterocycles. The van der Waals surface area contributed by atoms with Crippen LogP contribution in [-0.2, 0) is 13.1 Å². The molecule has 1 aromatic carbocycles. The fourth-order valence-electron chi connectivity index (χ4n) is 2.17. The maximum Gasteiger partial charge on any atom is 0.255 e. The summed E-state index contributed by atoms with van der Waals surface area (Å²) in [6.45, 7) is 4.65. The van der Waals surface area contributed by atoms with Crippen LogP contribution in [0.3, 0.4) is 0 Å². The summed E-state index contributed by atoms with van der Waals surface area (Å²) >= 11 is 0. The van der Waals surface area contributed by atoms with Crippen molar-refractivity contribution in [3.63, 3.8) is 0 Å². The van der Waals surface area contributed by atoms with E-state index in [1.54, 1.807) is 24.9 Å². The monoisotopic (exact) mass is 284 g/mol. The van der Waals surface area contributed by atoms with E-state index in [-0.39, 0.29) is 5.91 Å². The van der Waals surface area contributed by atoms with Crippen LogP contribution in [0.4, 0.5) is 0 Å². The topological polar surface area (TPSA) is 72.1 Å². The van der Waals surface area contributed by atoms with Crippen LogP contribution in [-0.4, -0.2) is 28.1 Å². The molecule has 0 radical (unpaired) electrons. The quantitative estimate of drug-likeness (QED) is 0.929. The Morgan fingerprint density at radius 1 is 1.19 bits per heavy atom. The molecular formula is C16H20N4O. The Labute approximate surface area is 124 Å². The molecule has 0 unspecified atom stereocenters. The van der Waals surface area contributed by atoms with Gasteiger partial charge in [-0.3, -0.25) is 4.79 Å². The molecule has 5 heteroatoms. The zero-order chi connectivity index (χ0) is 15.4. The van der Waals surface area contributed by atoms with Gasteiger partial charge in [-0.15, -0.1) is 0 Å². The minimum Gasteiger partial charge on any atom is -0.337 e. The fraction of sp³-hybridized carbons (Fsp3) is 0.312. The van der Waals surface area contributed by atoms with Crippen molar-refractivity contribution < 1.29 is 4.79 Å². The molecule has 0 aliphatic carbocycles. The molecule has 1 amide bonds. The van der Waals surface area contributed by atoms with Crippen molar-refractivity contribution in [2.45, 2.75) is 26.9 Å². The minimum absolute atomic E-state index is 0.0522. The third-order valence-corrected chi connectivity index (χ3v) is 3.32. The summed E-state index contributed by atoms with van der Waals surface area (Å²) in [7, 11) is 1.78. The number of hydrogen-bond acceptors (Lipinski definition) is 4. The van der Waals surface area contributed by atoms with Crippen molar-refractivity contribution in [2.24, 2.45) is 5.73 Å². The van der Waals surface area contributed by atoms with Crippen LogP contribution in [0.1, 0.15) is 32.9 Å². The van der Waals surface area contributed by atoms with E-state index >= 15 is 0 Å². The lowest BCUT2D eigenvalue weighted by atomic mass is 10.1. The fourth-order valence-corrected chi connectivity index (χ4v) is 2.17. The van der Waals surface area contributed by atoms with Crippen LogP contribution in [0, 0.1) is 13.8 Å². The van der Waals surface area contributed by atoms with Crippen molar-refractivity contribution in [2.75, 3.05) is 7.05 Å². The van der Waals surface area contributed by atoms with E-state index in [4.69, 9.17) is 5.73 Å². The number of nitrogens with two attached hydrogens (primary N) is 1. The SMILES string of the molecule is Cc1cc(C(=O)N(C)Cc2cccc(CN)c2)c(C)nn1. The molecule has 0 aliphatic rings. The maximum absolute atomic E-state index is 12.5. The van der Waals surface area contributed by atoms with Crippen LogP contribution in [0.15, 0.2) is 30.3 Å². The Morgan fingerprint density at radius 3 is 2.62 bits per heavy atom. The van der Waals surface area contributed by atoms with Crippen molar-refractivity contribution in [1.82, 2.24) is 15.1 Å². The van der Waals surface area contributed by atoms with E-state index in [1.807, 2.05) is 31.2 Å². The number of rotatable bonds is 4. The summed E-state index contributed by atoms with van der Waals surface area (Å²) in [4.78, 5) is 14.2. The lowest BCUT2D eigenvalue weighted by Crippen LogP contribution is -2.27. The summed E-state index contributed by atoms with van der Waals surface area (Å²) in [5, 5.41) is 7.96. The Morgan fingerprint density at radius 2 is 1.90 bits per heavy atom. The molecule has 0 aliphatic heterocycles. The molecule has 110 valence electrons. The van der Waals surface area contributed by atoms with Gasteiger partial charge >= 0.3 is 0 Å². The van der Waals surface area contributed by atoms with Gasteiger partial charge in [0.1, 0.15) is 0 Å². The van der Waals surface area contributed by atoms with E-state index in [1.165, 1.54) is 0 Å². The predicted octanol–water partition coefficient (Wildman–Crippen LogP) is 1.82. The van der Waals surface area contributed by atoms with Crippen molar-refractivity contribution >= 4 is 5.91 Å². The Kier molecular flexibility index (Phi) is 4.65. The molecule has 0 fully saturated rings. The second-order valence-electron chi connectivity index (χ2n) is 5.17. The first-order valence-corrected chi connectivity index (χ1v) is 6.85. The van der Waals surface area contributed by atoms with Gasteiger partial charge in [0.25, 0.3) is 5.91 Å². The number of aryl methyl sites for hydroxylation is 2. The zero-order valence-corrected chi connectivity index (χ0v) is 12.6. The van der Waals surface area contributed by atoms with E-state index in [0.717, 1.165) is 16.8 Å². The molecule has 0 saturated carbocycles. The summed E-state index contributed by atoms with van der Waals surface area (Å²) in [5.74, 6) is -0.0522. The van der Waals surface area contributed by atoms with Gasteiger partial charge in [-0.05, 0) is 31.0 Å². The standard InChI is InChI=1S/C16H20N4O/c1-11-7-15(12(2)19-18-11)16(21)20(3)10-14-6-4-5-13(8-14)9-17/h4-8H,9-10,17H2,1-3H3. The number of benzene rings is 1. The Hall–Kier alpha value is -2.27. The molecule has 5 nitrogen and oxygen atoms in total.